The Bertz CT molecular complexity index is 658. The zero-order chi connectivity index (χ0) is 18.8. The summed E-state index contributed by atoms with van der Waals surface area (Å²) in [6.45, 7) is 7.51. The van der Waals surface area contributed by atoms with E-state index in [0.717, 1.165) is 12.1 Å². The van der Waals surface area contributed by atoms with E-state index in [1.165, 1.54) is 12.3 Å². The Morgan fingerprint density at radius 2 is 2.04 bits per heavy atom. The molecular weight excluding hydrogens is 330 g/mol. The predicted molar refractivity (Wildman–Crippen MR) is 89.9 cm³/mol. The third kappa shape index (κ3) is 4.67. The van der Waals surface area contributed by atoms with E-state index in [0.29, 0.717) is 12.0 Å². The smallest absolute Gasteiger partial charge is 0.410 e. The Morgan fingerprint density at radius 1 is 1.36 bits per heavy atom. The molecule has 1 aromatic carbocycles. The van der Waals surface area contributed by atoms with E-state index in [1.54, 1.807) is 25.7 Å². The van der Waals surface area contributed by atoms with E-state index in [-0.39, 0.29) is 24.4 Å². The molecule has 1 amide bonds. The highest BCUT2D eigenvalue weighted by atomic mass is 19.2. The molecule has 3 atom stereocenters. The fourth-order valence-corrected chi connectivity index (χ4v) is 3.14. The number of ether oxygens (including phenoxy) is 1. The second-order valence-corrected chi connectivity index (χ2v) is 7.43. The first kappa shape index (κ1) is 19.1. The number of rotatable bonds is 2. The minimum Gasteiger partial charge on any atom is -0.444 e. The first-order chi connectivity index (χ1) is 11.6. The van der Waals surface area contributed by atoms with Crippen molar-refractivity contribution < 1.29 is 23.5 Å². The van der Waals surface area contributed by atoms with Crippen LogP contribution in [-0.2, 0) is 4.74 Å². The first-order valence-corrected chi connectivity index (χ1v) is 8.24. The molecule has 25 heavy (non-hydrogen) atoms. The van der Waals surface area contributed by atoms with Gasteiger partial charge in [-0.15, -0.1) is 5.16 Å². The van der Waals surface area contributed by atoms with E-state index >= 15 is 0 Å². The van der Waals surface area contributed by atoms with Crippen LogP contribution in [0.25, 0.3) is 0 Å². The standard InChI is InChI=1S/C18H24F2N2O3/c1-11-7-14(12-5-6-15(19)16(20)8-12)13(9-21-24)10-22(11)17(23)25-18(2,3)4/h5-6,8-9,11,13-14,24H,7,10H2,1-4H3/b21-9+/t11-,13-,14+/m0/s1. The number of carbonyl (C=O) groups excluding carboxylic acids is 1. The summed E-state index contributed by atoms with van der Waals surface area (Å²) < 4.78 is 32.2. The topological polar surface area (TPSA) is 62.1 Å². The van der Waals surface area contributed by atoms with Gasteiger partial charge in [0.1, 0.15) is 5.60 Å². The molecule has 0 aromatic heterocycles. The number of likely N-dealkylation sites (tertiary alicyclic amines) is 1. The molecule has 1 aliphatic heterocycles. The van der Waals surface area contributed by atoms with Gasteiger partial charge in [-0.2, -0.15) is 0 Å². The SMILES string of the molecule is C[C@H]1C[C@H](c2ccc(F)c(F)c2)[C@@H](/C=N/O)CN1C(=O)OC(C)(C)C. The molecule has 138 valence electrons. The lowest BCUT2D eigenvalue weighted by molar-refractivity contribution is 0.00689. The molecule has 5 nitrogen and oxygen atoms in total. The maximum atomic E-state index is 13.6. The molecule has 7 heteroatoms. The molecule has 0 radical (unpaired) electrons. The lowest BCUT2D eigenvalue weighted by Gasteiger charge is -2.42. The fourth-order valence-electron chi connectivity index (χ4n) is 3.14. The zero-order valence-corrected chi connectivity index (χ0v) is 14.9. The summed E-state index contributed by atoms with van der Waals surface area (Å²) in [6.07, 6.45) is 1.40. The van der Waals surface area contributed by atoms with Crippen molar-refractivity contribution in [2.75, 3.05) is 6.54 Å². The molecule has 0 saturated carbocycles. The highest BCUT2D eigenvalue weighted by Crippen LogP contribution is 2.36. The number of amides is 1. The lowest BCUT2D eigenvalue weighted by Crippen LogP contribution is -2.50. The number of benzene rings is 1. The summed E-state index contributed by atoms with van der Waals surface area (Å²) >= 11 is 0. The summed E-state index contributed by atoms with van der Waals surface area (Å²) in [5.74, 6) is -2.35. The molecule has 2 rings (SSSR count). The van der Waals surface area contributed by atoms with Gasteiger partial charge >= 0.3 is 6.09 Å². The molecule has 0 unspecified atom stereocenters. The van der Waals surface area contributed by atoms with Gasteiger partial charge in [-0.3, -0.25) is 0 Å². The van der Waals surface area contributed by atoms with Gasteiger partial charge in [0.25, 0.3) is 0 Å². The molecule has 0 bridgehead atoms. The van der Waals surface area contributed by atoms with Crippen molar-refractivity contribution in [3.05, 3.63) is 35.4 Å². The Kier molecular flexibility index (Phi) is 5.65. The lowest BCUT2D eigenvalue weighted by atomic mass is 9.78. The zero-order valence-electron chi connectivity index (χ0n) is 14.9. The highest BCUT2D eigenvalue weighted by molar-refractivity contribution is 5.71. The predicted octanol–water partition coefficient (Wildman–Crippen LogP) is 4.15. The number of piperidine rings is 1. The maximum Gasteiger partial charge on any atom is 0.410 e. The third-order valence-corrected chi connectivity index (χ3v) is 4.31. The normalized spacial score (nSPS) is 24.6. The number of hydrogen-bond donors (Lipinski definition) is 1. The van der Waals surface area contributed by atoms with Crippen molar-refractivity contribution >= 4 is 12.3 Å². The number of oxime groups is 1. The summed E-state index contributed by atoms with van der Waals surface area (Å²) in [5.41, 5.74) is -0.00613. The quantitative estimate of drug-likeness (QED) is 0.493. The van der Waals surface area contributed by atoms with Crippen molar-refractivity contribution in [2.24, 2.45) is 11.1 Å². The molecular formula is C18H24F2N2O3. The van der Waals surface area contributed by atoms with Crippen LogP contribution in [0.2, 0.25) is 0 Å². The largest absolute Gasteiger partial charge is 0.444 e. The van der Waals surface area contributed by atoms with Crippen LogP contribution in [0.4, 0.5) is 13.6 Å². The Morgan fingerprint density at radius 3 is 2.60 bits per heavy atom. The van der Waals surface area contributed by atoms with E-state index in [1.807, 2.05) is 6.92 Å². The van der Waals surface area contributed by atoms with E-state index in [2.05, 4.69) is 5.16 Å². The van der Waals surface area contributed by atoms with Crippen molar-refractivity contribution in [3.8, 4) is 0 Å². The van der Waals surface area contributed by atoms with Crippen LogP contribution in [0.3, 0.4) is 0 Å². The van der Waals surface area contributed by atoms with Gasteiger partial charge in [-0.05, 0) is 57.7 Å². The van der Waals surface area contributed by atoms with Crippen LogP contribution in [0.1, 0.15) is 45.6 Å². The van der Waals surface area contributed by atoms with Gasteiger partial charge in [0.05, 0.1) is 0 Å². The Balaban J connectivity index is 2.25. The molecule has 1 aliphatic rings. The van der Waals surface area contributed by atoms with Crippen molar-refractivity contribution in [1.82, 2.24) is 4.90 Å². The van der Waals surface area contributed by atoms with Gasteiger partial charge in [0, 0.05) is 24.7 Å². The molecule has 1 fully saturated rings. The highest BCUT2D eigenvalue weighted by Gasteiger charge is 2.38. The molecule has 1 heterocycles. The summed E-state index contributed by atoms with van der Waals surface area (Å²) in [7, 11) is 0. The number of hydrogen-bond acceptors (Lipinski definition) is 4. The van der Waals surface area contributed by atoms with Crippen LogP contribution >= 0.6 is 0 Å². The van der Waals surface area contributed by atoms with Crippen LogP contribution in [-0.4, -0.2) is 40.6 Å². The number of carbonyl (C=O) groups is 1. The number of halogens is 2. The van der Waals surface area contributed by atoms with Crippen molar-refractivity contribution in [3.63, 3.8) is 0 Å². The van der Waals surface area contributed by atoms with Crippen LogP contribution in [0.15, 0.2) is 23.4 Å². The number of nitrogens with zero attached hydrogens (tertiary/aromatic N) is 2. The minimum atomic E-state index is -0.917. The minimum absolute atomic E-state index is 0.156. The average Bonchev–Trinajstić information content (AvgIpc) is 2.50. The fraction of sp³-hybridized carbons (Fsp3) is 0.556. The Hall–Kier alpha value is -2.18. The Labute approximate surface area is 146 Å². The first-order valence-electron chi connectivity index (χ1n) is 8.24. The monoisotopic (exact) mass is 354 g/mol. The summed E-state index contributed by atoms with van der Waals surface area (Å²) in [4.78, 5) is 14.0. The average molecular weight is 354 g/mol. The maximum absolute atomic E-state index is 13.6. The van der Waals surface area contributed by atoms with Crippen molar-refractivity contribution in [1.29, 1.82) is 0 Å². The van der Waals surface area contributed by atoms with E-state index in [9.17, 15) is 13.6 Å². The molecule has 0 aliphatic carbocycles. The molecule has 1 aromatic rings. The van der Waals surface area contributed by atoms with Crippen LogP contribution in [0, 0.1) is 17.6 Å². The van der Waals surface area contributed by atoms with Gasteiger partial charge in [-0.25, -0.2) is 13.6 Å². The molecule has 0 spiro atoms. The van der Waals surface area contributed by atoms with Gasteiger partial charge in [-0.1, -0.05) is 6.07 Å². The molecule has 1 N–H and O–H groups in total. The van der Waals surface area contributed by atoms with E-state index < -0.39 is 23.3 Å². The second kappa shape index (κ2) is 7.37. The van der Waals surface area contributed by atoms with Gasteiger partial charge < -0.3 is 14.8 Å². The third-order valence-electron chi connectivity index (χ3n) is 4.31. The van der Waals surface area contributed by atoms with Crippen LogP contribution in [0.5, 0.6) is 0 Å². The second-order valence-electron chi connectivity index (χ2n) is 7.43. The summed E-state index contributed by atoms with van der Waals surface area (Å²) in [6, 6.07) is 3.62. The van der Waals surface area contributed by atoms with Crippen molar-refractivity contribution in [2.45, 2.75) is 51.7 Å². The van der Waals surface area contributed by atoms with Gasteiger partial charge in [0.15, 0.2) is 11.6 Å². The van der Waals surface area contributed by atoms with E-state index in [4.69, 9.17) is 9.94 Å². The van der Waals surface area contributed by atoms with Gasteiger partial charge in [0.2, 0.25) is 0 Å². The summed E-state index contributed by atoms with van der Waals surface area (Å²) in [5, 5.41) is 12.1. The van der Waals surface area contributed by atoms with Crippen LogP contribution < -0.4 is 0 Å². The molecule has 1 saturated heterocycles.